The van der Waals surface area contributed by atoms with Crippen LogP contribution in [0.2, 0.25) is 0 Å². The molecule has 1 heterocycles. The largest absolute Gasteiger partial charge is 0.314 e. The van der Waals surface area contributed by atoms with Crippen LogP contribution in [0.15, 0.2) is 30.9 Å². The minimum absolute atomic E-state index is 0.114. The van der Waals surface area contributed by atoms with Crippen LogP contribution in [0, 0.1) is 12.7 Å². The smallest absolute Gasteiger partial charge is 0.126 e. The van der Waals surface area contributed by atoms with Gasteiger partial charge in [-0.05, 0) is 30.5 Å². The maximum absolute atomic E-state index is 13.7. The van der Waals surface area contributed by atoms with Crippen LogP contribution in [0.4, 0.5) is 4.39 Å². The summed E-state index contributed by atoms with van der Waals surface area (Å²) in [4.78, 5) is 2.41. The second-order valence-corrected chi connectivity index (χ2v) is 4.83. The SMILES string of the molecule is C=CC[C@@H](c1ccc(C)c(F)c1)N1CCNCC1. The van der Waals surface area contributed by atoms with E-state index < -0.39 is 0 Å². The first-order valence-electron chi connectivity index (χ1n) is 6.54. The molecule has 2 rings (SSSR count). The van der Waals surface area contributed by atoms with Gasteiger partial charge in [-0.2, -0.15) is 0 Å². The lowest BCUT2D eigenvalue weighted by molar-refractivity contribution is 0.174. The summed E-state index contributed by atoms with van der Waals surface area (Å²) in [5, 5.41) is 3.34. The van der Waals surface area contributed by atoms with Gasteiger partial charge in [-0.3, -0.25) is 4.90 Å². The van der Waals surface area contributed by atoms with Crippen molar-refractivity contribution in [3.8, 4) is 0 Å². The zero-order valence-corrected chi connectivity index (χ0v) is 11.0. The quantitative estimate of drug-likeness (QED) is 0.824. The van der Waals surface area contributed by atoms with E-state index in [9.17, 15) is 4.39 Å². The summed E-state index contributed by atoms with van der Waals surface area (Å²) in [6.07, 6.45) is 2.78. The lowest BCUT2D eigenvalue weighted by Gasteiger charge is -2.34. The molecule has 98 valence electrons. The van der Waals surface area contributed by atoms with E-state index in [-0.39, 0.29) is 11.9 Å². The van der Waals surface area contributed by atoms with E-state index in [0.29, 0.717) is 5.56 Å². The molecule has 1 aliphatic rings. The Morgan fingerprint density at radius 1 is 1.44 bits per heavy atom. The summed E-state index contributed by atoms with van der Waals surface area (Å²) in [5.74, 6) is -0.114. The normalized spacial score (nSPS) is 18.6. The van der Waals surface area contributed by atoms with Gasteiger partial charge in [0, 0.05) is 32.2 Å². The Bertz CT molecular complexity index is 411. The van der Waals surface area contributed by atoms with E-state index in [0.717, 1.165) is 38.2 Å². The number of aryl methyl sites for hydroxylation is 1. The molecule has 1 aliphatic heterocycles. The molecule has 1 aromatic carbocycles. The molecule has 0 spiro atoms. The molecular weight excluding hydrogens is 227 g/mol. The predicted molar refractivity (Wildman–Crippen MR) is 73.1 cm³/mol. The Morgan fingerprint density at radius 2 is 2.17 bits per heavy atom. The predicted octanol–water partition coefficient (Wildman–Crippen LogP) is 2.66. The monoisotopic (exact) mass is 248 g/mol. The van der Waals surface area contributed by atoms with Crippen molar-refractivity contribution in [3.05, 3.63) is 47.8 Å². The molecule has 1 N–H and O–H groups in total. The number of nitrogens with zero attached hydrogens (tertiary/aromatic N) is 1. The van der Waals surface area contributed by atoms with Gasteiger partial charge in [0.1, 0.15) is 5.82 Å². The fourth-order valence-corrected chi connectivity index (χ4v) is 2.46. The average molecular weight is 248 g/mol. The van der Waals surface area contributed by atoms with Crippen LogP contribution in [-0.4, -0.2) is 31.1 Å². The first-order chi connectivity index (χ1) is 8.72. The minimum atomic E-state index is -0.114. The van der Waals surface area contributed by atoms with E-state index in [1.807, 2.05) is 18.2 Å². The first-order valence-corrected chi connectivity index (χ1v) is 6.54. The molecule has 1 aromatic rings. The summed E-state index contributed by atoms with van der Waals surface area (Å²) in [7, 11) is 0. The third kappa shape index (κ3) is 2.98. The van der Waals surface area contributed by atoms with Crippen LogP contribution in [0.3, 0.4) is 0 Å². The Hall–Kier alpha value is -1.19. The average Bonchev–Trinajstić information content (AvgIpc) is 2.40. The Kier molecular flexibility index (Phi) is 4.50. The number of halogens is 1. The van der Waals surface area contributed by atoms with Gasteiger partial charge in [-0.25, -0.2) is 4.39 Å². The number of hydrogen-bond donors (Lipinski definition) is 1. The van der Waals surface area contributed by atoms with Crippen molar-refractivity contribution in [3.63, 3.8) is 0 Å². The van der Waals surface area contributed by atoms with E-state index in [1.165, 1.54) is 0 Å². The summed E-state index contributed by atoms with van der Waals surface area (Å²) in [6, 6.07) is 5.82. The topological polar surface area (TPSA) is 15.3 Å². The van der Waals surface area contributed by atoms with Crippen LogP contribution in [0.5, 0.6) is 0 Å². The molecule has 0 saturated carbocycles. The third-order valence-corrected chi connectivity index (χ3v) is 3.56. The summed E-state index contributed by atoms with van der Waals surface area (Å²) >= 11 is 0. The van der Waals surface area contributed by atoms with Gasteiger partial charge in [0.15, 0.2) is 0 Å². The highest BCUT2D eigenvalue weighted by atomic mass is 19.1. The zero-order chi connectivity index (χ0) is 13.0. The lowest BCUT2D eigenvalue weighted by atomic mass is 9.99. The number of benzene rings is 1. The molecule has 18 heavy (non-hydrogen) atoms. The van der Waals surface area contributed by atoms with Crippen molar-refractivity contribution in [2.24, 2.45) is 0 Å². The molecule has 3 heteroatoms. The Balaban J connectivity index is 2.22. The Morgan fingerprint density at radius 3 is 2.78 bits per heavy atom. The van der Waals surface area contributed by atoms with Crippen LogP contribution < -0.4 is 5.32 Å². The van der Waals surface area contributed by atoms with E-state index in [2.05, 4.69) is 16.8 Å². The van der Waals surface area contributed by atoms with Crippen LogP contribution in [0.25, 0.3) is 0 Å². The number of rotatable bonds is 4. The van der Waals surface area contributed by atoms with Crippen molar-refractivity contribution in [2.75, 3.05) is 26.2 Å². The van der Waals surface area contributed by atoms with Crippen molar-refractivity contribution < 1.29 is 4.39 Å². The van der Waals surface area contributed by atoms with Crippen molar-refractivity contribution in [2.45, 2.75) is 19.4 Å². The molecule has 0 aromatic heterocycles. The highest BCUT2D eigenvalue weighted by Gasteiger charge is 2.21. The van der Waals surface area contributed by atoms with Crippen molar-refractivity contribution >= 4 is 0 Å². The van der Waals surface area contributed by atoms with Gasteiger partial charge in [-0.15, -0.1) is 6.58 Å². The molecule has 0 bridgehead atoms. The number of nitrogens with one attached hydrogen (secondary N) is 1. The molecular formula is C15H21FN2. The zero-order valence-electron chi connectivity index (χ0n) is 11.0. The number of hydrogen-bond acceptors (Lipinski definition) is 2. The van der Waals surface area contributed by atoms with Gasteiger partial charge in [0.25, 0.3) is 0 Å². The highest BCUT2D eigenvalue weighted by Crippen LogP contribution is 2.26. The van der Waals surface area contributed by atoms with Gasteiger partial charge in [-0.1, -0.05) is 18.2 Å². The van der Waals surface area contributed by atoms with Crippen molar-refractivity contribution in [1.29, 1.82) is 0 Å². The molecule has 1 saturated heterocycles. The standard InChI is InChI=1S/C15H21FN2/c1-3-4-15(18-9-7-17-8-10-18)13-6-5-12(2)14(16)11-13/h3,5-6,11,15,17H,1,4,7-10H2,2H3/t15-/m0/s1. The summed E-state index contributed by atoms with van der Waals surface area (Å²) in [5.41, 5.74) is 1.76. The molecule has 0 radical (unpaired) electrons. The summed E-state index contributed by atoms with van der Waals surface area (Å²) in [6.45, 7) is 9.64. The molecule has 0 unspecified atom stereocenters. The van der Waals surface area contributed by atoms with Crippen LogP contribution >= 0.6 is 0 Å². The van der Waals surface area contributed by atoms with Crippen LogP contribution in [-0.2, 0) is 0 Å². The van der Waals surface area contributed by atoms with Gasteiger partial charge < -0.3 is 5.32 Å². The molecule has 2 nitrogen and oxygen atoms in total. The highest BCUT2D eigenvalue weighted by molar-refractivity contribution is 5.26. The van der Waals surface area contributed by atoms with E-state index in [1.54, 1.807) is 13.0 Å². The first kappa shape index (κ1) is 13.2. The summed E-state index contributed by atoms with van der Waals surface area (Å²) < 4.78 is 13.7. The molecule has 1 fully saturated rings. The third-order valence-electron chi connectivity index (χ3n) is 3.56. The maximum atomic E-state index is 13.7. The Labute approximate surface area is 108 Å². The lowest BCUT2D eigenvalue weighted by Crippen LogP contribution is -2.45. The van der Waals surface area contributed by atoms with E-state index >= 15 is 0 Å². The fraction of sp³-hybridized carbons (Fsp3) is 0.467. The van der Waals surface area contributed by atoms with Crippen molar-refractivity contribution in [1.82, 2.24) is 10.2 Å². The second-order valence-electron chi connectivity index (χ2n) is 4.83. The maximum Gasteiger partial charge on any atom is 0.126 e. The van der Waals surface area contributed by atoms with Gasteiger partial charge in [0.05, 0.1) is 0 Å². The number of piperazine rings is 1. The second kappa shape index (κ2) is 6.12. The van der Waals surface area contributed by atoms with E-state index in [4.69, 9.17) is 0 Å². The van der Waals surface area contributed by atoms with Crippen LogP contribution in [0.1, 0.15) is 23.6 Å². The molecule has 0 amide bonds. The fourth-order valence-electron chi connectivity index (χ4n) is 2.46. The minimum Gasteiger partial charge on any atom is -0.314 e. The molecule has 0 aliphatic carbocycles. The van der Waals surface area contributed by atoms with Gasteiger partial charge >= 0.3 is 0 Å². The van der Waals surface area contributed by atoms with Gasteiger partial charge in [0.2, 0.25) is 0 Å². The molecule has 1 atom stereocenters.